The highest BCUT2D eigenvalue weighted by atomic mass is 35.5. The zero-order valence-electron chi connectivity index (χ0n) is 10.1. The molecule has 0 aliphatic heterocycles. The molecule has 0 saturated heterocycles. The molecule has 0 atom stereocenters. The number of nitrogens with zero attached hydrogens (tertiary/aromatic N) is 1. The second kappa shape index (κ2) is 6.07. The number of pyridine rings is 1. The largest absolute Gasteiger partial charge is 0.366 e. The van der Waals surface area contributed by atoms with Gasteiger partial charge < -0.3 is 5.32 Å². The van der Waals surface area contributed by atoms with Gasteiger partial charge in [-0.25, -0.2) is 4.98 Å². The predicted octanol–water partition coefficient (Wildman–Crippen LogP) is 4.46. The number of aromatic nitrogens is 1. The van der Waals surface area contributed by atoms with Crippen molar-refractivity contribution in [1.82, 2.24) is 4.98 Å². The van der Waals surface area contributed by atoms with Gasteiger partial charge in [-0.15, -0.1) is 0 Å². The third-order valence-corrected chi connectivity index (χ3v) is 3.30. The van der Waals surface area contributed by atoms with E-state index < -0.39 is 0 Å². The van der Waals surface area contributed by atoms with Gasteiger partial charge in [-0.3, -0.25) is 0 Å². The van der Waals surface area contributed by atoms with Crippen LogP contribution in [-0.4, -0.2) is 11.5 Å². The first-order valence-electron chi connectivity index (χ1n) is 5.74. The number of anilines is 1. The molecule has 4 heteroatoms. The third kappa shape index (κ3) is 3.62. The highest BCUT2D eigenvalue weighted by molar-refractivity contribution is 6.31. The van der Waals surface area contributed by atoms with Crippen LogP contribution >= 0.6 is 23.2 Å². The molecule has 1 aromatic rings. The molecule has 0 radical (unpaired) electrons. The molecule has 0 saturated carbocycles. The average molecular weight is 281 g/mol. The van der Waals surface area contributed by atoms with Crippen LogP contribution in [0.2, 0.25) is 5.15 Å². The molecule has 1 aliphatic carbocycles. The van der Waals surface area contributed by atoms with Gasteiger partial charge in [-0.2, -0.15) is 0 Å². The van der Waals surface area contributed by atoms with Gasteiger partial charge in [0.05, 0.1) is 0 Å². The molecule has 2 rings (SSSR count). The van der Waals surface area contributed by atoms with Gasteiger partial charge in [0.1, 0.15) is 11.0 Å². The van der Waals surface area contributed by atoms with Gasteiger partial charge in [-0.05, 0) is 42.7 Å². The quantitative estimate of drug-likeness (QED) is 0.827. The Kier molecular flexibility index (Phi) is 4.45. The first-order valence-corrected chi connectivity index (χ1v) is 6.49. The first kappa shape index (κ1) is 13.2. The minimum atomic E-state index is 0.540. The van der Waals surface area contributed by atoms with Crippen molar-refractivity contribution in [3.05, 3.63) is 57.8 Å². The predicted molar refractivity (Wildman–Crippen MR) is 78.2 cm³/mol. The van der Waals surface area contributed by atoms with Crippen molar-refractivity contribution in [2.75, 3.05) is 11.9 Å². The van der Waals surface area contributed by atoms with E-state index in [0.717, 1.165) is 29.4 Å². The van der Waals surface area contributed by atoms with Crippen molar-refractivity contribution in [1.29, 1.82) is 0 Å². The van der Waals surface area contributed by atoms with E-state index in [0.29, 0.717) is 5.15 Å². The lowest BCUT2D eigenvalue weighted by Crippen LogP contribution is -2.06. The van der Waals surface area contributed by atoms with Crippen LogP contribution in [0.15, 0.2) is 47.0 Å². The van der Waals surface area contributed by atoms with Crippen LogP contribution in [0.4, 0.5) is 5.82 Å². The van der Waals surface area contributed by atoms with Crippen molar-refractivity contribution >= 4 is 29.0 Å². The summed E-state index contributed by atoms with van der Waals surface area (Å²) in [4.78, 5) is 4.26. The number of allylic oxidation sites excluding steroid dienone is 5. The molecule has 1 aromatic heterocycles. The minimum absolute atomic E-state index is 0.540. The molecule has 94 valence electrons. The smallest absolute Gasteiger partial charge is 0.134 e. The summed E-state index contributed by atoms with van der Waals surface area (Å²) in [6.45, 7) is 2.67. The molecule has 0 spiro atoms. The molecule has 0 unspecified atom stereocenters. The lowest BCUT2D eigenvalue weighted by molar-refractivity contribution is 1.09. The zero-order chi connectivity index (χ0) is 13.0. The fraction of sp³-hybridized carbons (Fsp3) is 0.214. The third-order valence-electron chi connectivity index (χ3n) is 2.67. The molecule has 0 bridgehead atoms. The summed E-state index contributed by atoms with van der Waals surface area (Å²) >= 11 is 11.9. The van der Waals surface area contributed by atoms with Crippen LogP contribution < -0.4 is 5.32 Å². The highest BCUT2D eigenvalue weighted by Crippen LogP contribution is 2.17. The lowest BCUT2D eigenvalue weighted by Gasteiger charge is -2.08. The number of hydrogen-bond donors (Lipinski definition) is 1. The van der Waals surface area contributed by atoms with Crippen molar-refractivity contribution in [2.45, 2.75) is 13.3 Å². The first-order chi connectivity index (χ1) is 8.65. The number of rotatable bonds is 3. The monoisotopic (exact) mass is 280 g/mol. The molecule has 1 aliphatic rings. The van der Waals surface area contributed by atoms with Gasteiger partial charge in [0.25, 0.3) is 0 Å². The average Bonchev–Trinajstić information content (AvgIpc) is 2.56. The van der Waals surface area contributed by atoms with Gasteiger partial charge >= 0.3 is 0 Å². The van der Waals surface area contributed by atoms with Crippen LogP contribution in [0.5, 0.6) is 0 Å². The molecule has 0 fully saturated rings. The number of hydrogen-bond acceptors (Lipinski definition) is 2. The number of halogens is 2. The second-order valence-corrected chi connectivity index (χ2v) is 4.94. The molecule has 0 amide bonds. The van der Waals surface area contributed by atoms with E-state index in [2.05, 4.69) is 16.4 Å². The standard InChI is InChI=1S/C14H14Cl2N2/c1-10-5-8-13(18-14(10)16)17-9-11-3-2-4-12(15)7-6-11/h2,4-8H,3,9H2,1H3,(H,17,18). The Morgan fingerprint density at radius 2 is 2.11 bits per heavy atom. The molecule has 2 nitrogen and oxygen atoms in total. The van der Waals surface area contributed by atoms with Gasteiger partial charge in [0.15, 0.2) is 0 Å². The van der Waals surface area contributed by atoms with Gasteiger partial charge in [0.2, 0.25) is 0 Å². The van der Waals surface area contributed by atoms with E-state index in [1.807, 2.05) is 37.3 Å². The van der Waals surface area contributed by atoms with E-state index >= 15 is 0 Å². The van der Waals surface area contributed by atoms with Gasteiger partial charge in [0, 0.05) is 11.6 Å². The Balaban J connectivity index is 1.99. The SMILES string of the molecule is Cc1ccc(NCC2=CC=C(Cl)C=CC2)nc1Cl. The Bertz CT molecular complexity index is 531. The summed E-state index contributed by atoms with van der Waals surface area (Å²) in [5, 5.41) is 4.55. The van der Waals surface area contributed by atoms with Crippen molar-refractivity contribution in [2.24, 2.45) is 0 Å². The summed E-state index contributed by atoms with van der Waals surface area (Å²) < 4.78 is 0. The summed E-state index contributed by atoms with van der Waals surface area (Å²) in [6, 6.07) is 3.88. The maximum atomic E-state index is 5.98. The lowest BCUT2D eigenvalue weighted by atomic mass is 10.2. The number of nitrogens with one attached hydrogen (secondary N) is 1. The van der Waals surface area contributed by atoms with E-state index in [1.165, 1.54) is 5.57 Å². The van der Waals surface area contributed by atoms with E-state index in [-0.39, 0.29) is 0 Å². The van der Waals surface area contributed by atoms with Crippen LogP contribution in [0.3, 0.4) is 0 Å². The maximum Gasteiger partial charge on any atom is 0.134 e. The molecule has 1 heterocycles. The summed E-state index contributed by atoms with van der Waals surface area (Å²) in [6.07, 6.45) is 8.78. The van der Waals surface area contributed by atoms with Crippen molar-refractivity contribution < 1.29 is 0 Å². The molecule has 1 N–H and O–H groups in total. The minimum Gasteiger partial charge on any atom is -0.366 e. The van der Waals surface area contributed by atoms with Gasteiger partial charge in [-0.1, -0.05) is 41.4 Å². The van der Waals surface area contributed by atoms with Crippen molar-refractivity contribution in [3.8, 4) is 0 Å². The molecular formula is C14H14Cl2N2. The second-order valence-electron chi connectivity index (χ2n) is 4.14. The Labute approximate surface area is 117 Å². The van der Waals surface area contributed by atoms with E-state index in [9.17, 15) is 0 Å². The van der Waals surface area contributed by atoms with Crippen LogP contribution in [-0.2, 0) is 0 Å². The Morgan fingerprint density at radius 3 is 2.89 bits per heavy atom. The van der Waals surface area contributed by atoms with Crippen LogP contribution in [0.1, 0.15) is 12.0 Å². The fourth-order valence-electron chi connectivity index (χ4n) is 1.58. The van der Waals surface area contributed by atoms with E-state index in [4.69, 9.17) is 23.2 Å². The number of aryl methyl sites for hydroxylation is 1. The fourth-order valence-corrected chi connectivity index (χ4v) is 1.89. The molecule has 18 heavy (non-hydrogen) atoms. The molecule has 0 aromatic carbocycles. The van der Waals surface area contributed by atoms with Crippen LogP contribution in [0, 0.1) is 6.92 Å². The zero-order valence-corrected chi connectivity index (χ0v) is 11.6. The van der Waals surface area contributed by atoms with Crippen LogP contribution in [0.25, 0.3) is 0 Å². The maximum absolute atomic E-state index is 5.98. The summed E-state index contributed by atoms with van der Waals surface area (Å²) in [5.41, 5.74) is 2.23. The highest BCUT2D eigenvalue weighted by Gasteiger charge is 2.02. The summed E-state index contributed by atoms with van der Waals surface area (Å²) in [5.74, 6) is 0.787. The topological polar surface area (TPSA) is 24.9 Å². The Morgan fingerprint density at radius 1 is 1.28 bits per heavy atom. The normalized spacial score (nSPS) is 14.8. The molecular weight excluding hydrogens is 267 g/mol. The Hall–Kier alpha value is -1.25. The summed E-state index contributed by atoms with van der Waals surface area (Å²) in [7, 11) is 0. The van der Waals surface area contributed by atoms with Crippen molar-refractivity contribution in [3.63, 3.8) is 0 Å². The van der Waals surface area contributed by atoms with E-state index in [1.54, 1.807) is 0 Å².